The number of aromatic nitrogens is 2. The van der Waals surface area contributed by atoms with Gasteiger partial charge in [0, 0.05) is 18.3 Å². The monoisotopic (exact) mass is 454 g/mol. The van der Waals surface area contributed by atoms with Crippen LogP contribution in [0.5, 0.6) is 0 Å². The number of carboxylic acid groups (broad SMARTS) is 1. The van der Waals surface area contributed by atoms with Gasteiger partial charge in [0.15, 0.2) is 0 Å². The molecule has 180 valence electrons. The first-order valence-electron chi connectivity index (χ1n) is 10.4. The molecule has 0 aromatic carbocycles. The Hall–Kier alpha value is -2.99. The number of hydrogen-bond acceptors (Lipinski definition) is 7. The summed E-state index contributed by atoms with van der Waals surface area (Å²) in [6.07, 6.45) is 3.23. The molecule has 1 aromatic heterocycles. The van der Waals surface area contributed by atoms with Gasteiger partial charge in [-0.3, -0.25) is 14.4 Å². The fraction of sp³-hybridized carbons (Fsp3) is 0.650. The molecule has 12 nitrogen and oxygen atoms in total. The maximum Gasteiger partial charge on any atom is 0.326 e. The zero-order valence-corrected chi connectivity index (χ0v) is 18.8. The highest BCUT2D eigenvalue weighted by atomic mass is 16.4. The number of aliphatic hydroxyl groups excluding tert-OH is 1. The Morgan fingerprint density at radius 3 is 2.09 bits per heavy atom. The number of carbonyl (C=O) groups is 4. The number of aliphatic carboxylic acids is 1. The van der Waals surface area contributed by atoms with E-state index in [1.165, 1.54) is 12.5 Å². The first-order valence-corrected chi connectivity index (χ1v) is 10.4. The summed E-state index contributed by atoms with van der Waals surface area (Å²) in [5.41, 5.74) is 6.34. The molecular weight excluding hydrogens is 420 g/mol. The Kier molecular flexibility index (Phi) is 10.8. The van der Waals surface area contributed by atoms with Gasteiger partial charge in [0.2, 0.25) is 17.7 Å². The number of rotatable bonds is 13. The Morgan fingerprint density at radius 1 is 1.03 bits per heavy atom. The van der Waals surface area contributed by atoms with Gasteiger partial charge in [-0.25, -0.2) is 9.78 Å². The molecule has 0 fully saturated rings. The van der Waals surface area contributed by atoms with Crippen LogP contribution in [0, 0.1) is 11.8 Å². The van der Waals surface area contributed by atoms with Crippen molar-refractivity contribution < 1.29 is 29.4 Å². The first kappa shape index (κ1) is 27.0. The van der Waals surface area contributed by atoms with Crippen molar-refractivity contribution in [3.05, 3.63) is 18.2 Å². The minimum atomic E-state index is -1.34. The molecule has 0 aliphatic heterocycles. The molecule has 1 aromatic rings. The number of nitrogens with one attached hydrogen (secondary N) is 4. The summed E-state index contributed by atoms with van der Waals surface area (Å²) in [4.78, 5) is 55.8. The zero-order valence-electron chi connectivity index (χ0n) is 18.8. The maximum absolute atomic E-state index is 12.8. The molecule has 1 rings (SSSR count). The highest BCUT2D eigenvalue weighted by Gasteiger charge is 2.31. The van der Waals surface area contributed by atoms with Crippen LogP contribution in [-0.2, 0) is 25.6 Å². The van der Waals surface area contributed by atoms with Gasteiger partial charge in [-0.2, -0.15) is 0 Å². The van der Waals surface area contributed by atoms with E-state index in [0.717, 1.165) is 0 Å². The van der Waals surface area contributed by atoms with Crippen LogP contribution >= 0.6 is 0 Å². The maximum atomic E-state index is 12.8. The molecule has 1 heterocycles. The van der Waals surface area contributed by atoms with Gasteiger partial charge in [0.05, 0.1) is 19.0 Å². The number of carboxylic acids is 1. The summed E-state index contributed by atoms with van der Waals surface area (Å²) >= 11 is 0. The fourth-order valence-corrected chi connectivity index (χ4v) is 2.95. The lowest BCUT2D eigenvalue weighted by molar-refractivity contribution is -0.143. The average Bonchev–Trinajstić information content (AvgIpc) is 3.21. The van der Waals surface area contributed by atoms with Gasteiger partial charge in [-0.1, -0.05) is 27.7 Å². The summed E-state index contributed by atoms with van der Waals surface area (Å²) in [5.74, 6) is -3.59. The molecule has 8 N–H and O–H groups in total. The van der Waals surface area contributed by atoms with Crippen LogP contribution < -0.4 is 21.7 Å². The van der Waals surface area contributed by atoms with Crippen molar-refractivity contribution >= 4 is 23.7 Å². The molecule has 4 unspecified atom stereocenters. The van der Waals surface area contributed by atoms with E-state index in [0.29, 0.717) is 12.1 Å². The topological polar surface area (TPSA) is 200 Å². The molecule has 32 heavy (non-hydrogen) atoms. The van der Waals surface area contributed by atoms with Crippen molar-refractivity contribution in [2.75, 3.05) is 6.61 Å². The van der Waals surface area contributed by atoms with Crippen LogP contribution in [0.15, 0.2) is 12.5 Å². The predicted molar refractivity (Wildman–Crippen MR) is 115 cm³/mol. The molecule has 0 aliphatic carbocycles. The van der Waals surface area contributed by atoms with Gasteiger partial charge in [-0.15, -0.1) is 0 Å². The van der Waals surface area contributed by atoms with E-state index >= 15 is 0 Å². The van der Waals surface area contributed by atoms with Crippen LogP contribution in [-0.4, -0.2) is 74.6 Å². The number of imidazole rings is 1. The van der Waals surface area contributed by atoms with Crippen molar-refractivity contribution in [2.24, 2.45) is 17.6 Å². The molecule has 0 spiro atoms. The molecule has 0 bridgehead atoms. The Bertz CT molecular complexity index is 767. The second-order valence-corrected chi connectivity index (χ2v) is 8.39. The van der Waals surface area contributed by atoms with E-state index in [9.17, 15) is 29.4 Å². The fourth-order valence-electron chi connectivity index (χ4n) is 2.95. The molecule has 4 atom stereocenters. The molecular formula is C20H34N6O6. The molecule has 0 saturated carbocycles. The lowest BCUT2D eigenvalue weighted by atomic mass is 10.0. The summed E-state index contributed by atoms with van der Waals surface area (Å²) in [6.45, 7) is 6.35. The van der Waals surface area contributed by atoms with Crippen LogP contribution in [0.25, 0.3) is 0 Å². The third-order valence-electron chi connectivity index (χ3n) is 4.72. The largest absolute Gasteiger partial charge is 0.480 e. The number of H-pyrrole nitrogens is 1. The van der Waals surface area contributed by atoms with E-state index < -0.39 is 60.4 Å². The molecule has 0 radical (unpaired) electrons. The first-order chi connectivity index (χ1) is 15.0. The van der Waals surface area contributed by atoms with Crippen molar-refractivity contribution in [2.45, 2.75) is 64.7 Å². The Balaban J connectivity index is 2.94. The van der Waals surface area contributed by atoms with Gasteiger partial charge < -0.3 is 36.9 Å². The summed E-state index contributed by atoms with van der Waals surface area (Å²) in [7, 11) is 0. The number of aromatic amines is 1. The van der Waals surface area contributed by atoms with Crippen molar-refractivity contribution in [3.8, 4) is 0 Å². The van der Waals surface area contributed by atoms with Gasteiger partial charge in [0.25, 0.3) is 0 Å². The smallest absolute Gasteiger partial charge is 0.326 e. The van der Waals surface area contributed by atoms with Gasteiger partial charge >= 0.3 is 5.97 Å². The molecule has 0 saturated heterocycles. The summed E-state index contributed by atoms with van der Waals surface area (Å²) < 4.78 is 0. The second-order valence-electron chi connectivity index (χ2n) is 8.39. The van der Waals surface area contributed by atoms with Gasteiger partial charge in [0.1, 0.15) is 18.1 Å². The number of amides is 3. The Morgan fingerprint density at radius 2 is 1.62 bits per heavy atom. The quantitative estimate of drug-likeness (QED) is 0.187. The minimum absolute atomic E-state index is 0.0129. The molecule has 3 amide bonds. The van der Waals surface area contributed by atoms with E-state index in [-0.39, 0.29) is 12.3 Å². The highest BCUT2D eigenvalue weighted by molar-refractivity contribution is 5.94. The predicted octanol–water partition coefficient (Wildman–Crippen LogP) is -1.49. The number of carbonyl (C=O) groups excluding carboxylic acids is 3. The lowest BCUT2D eigenvalue weighted by Crippen LogP contribution is -2.59. The number of aliphatic hydroxyl groups is 1. The van der Waals surface area contributed by atoms with E-state index in [1.54, 1.807) is 13.8 Å². The van der Waals surface area contributed by atoms with Crippen molar-refractivity contribution in [1.82, 2.24) is 25.9 Å². The van der Waals surface area contributed by atoms with E-state index in [4.69, 9.17) is 5.73 Å². The standard InChI is InChI=1S/C20H34N6O6/c1-10(2)5-13(21)17(28)25-15(8-27)19(30)24-14(6-12-7-22-9-23-12)18(29)26-16(11(3)4)20(31)32/h7,9-11,13-16,27H,5-6,8,21H2,1-4H3,(H,22,23)(H,24,30)(H,25,28)(H,26,29)(H,31,32). The zero-order chi connectivity index (χ0) is 24.4. The number of nitrogens with zero attached hydrogens (tertiary/aromatic N) is 1. The lowest BCUT2D eigenvalue weighted by Gasteiger charge is -2.25. The van der Waals surface area contributed by atoms with Crippen LogP contribution in [0.3, 0.4) is 0 Å². The van der Waals surface area contributed by atoms with Gasteiger partial charge in [-0.05, 0) is 18.3 Å². The number of hydrogen-bond donors (Lipinski definition) is 7. The second kappa shape index (κ2) is 12.8. The van der Waals surface area contributed by atoms with E-state index in [1.807, 2.05) is 13.8 Å². The Labute approximate surface area is 186 Å². The third-order valence-corrected chi connectivity index (χ3v) is 4.72. The van der Waals surface area contributed by atoms with Crippen molar-refractivity contribution in [1.29, 1.82) is 0 Å². The van der Waals surface area contributed by atoms with Crippen LogP contribution in [0.1, 0.15) is 39.8 Å². The summed E-state index contributed by atoms with van der Waals surface area (Å²) in [6, 6.07) is -4.54. The van der Waals surface area contributed by atoms with Crippen molar-refractivity contribution in [3.63, 3.8) is 0 Å². The molecule has 12 heteroatoms. The van der Waals surface area contributed by atoms with E-state index in [2.05, 4.69) is 25.9 Å². The normalized spacial score (nSPS) is 15.0. The molecule has 0 aliphatic rings. The average molecular weight is 455 g/mol. The third kappa shape index (κ3) is 8.63. The van der Waals surface area contributed by atoms with Crippen LogP contribution in [0.4, 0.5) is 0 Å². The summed E-state index contributed by atoms with van der Waals surface area (Å²) in [5, 5.41) is 26.2. The highest BCUT2D eigenvalue weighted by Crippen LogP contribution is 2.06. The SMILES string of the molecule is CC(C)CC(N)C(=O)NC(CO)C(=O)NC(Cc1cnc[nH]1)C(=O)NC(C(=O)O)C(C)C. The van der Waals surface area contributed by atoms with Crippen LogP contribution in [0.2, 0.25) is 0 Å². The minimum Gasteiger partial charge on any atom is -0.480 e. The number of nitrogens with two attached hydrogens (primary N) is 1.